The molecule has 74 valence electrons. The molecule has 1 nitrogen and oxygen atoms in total. The van der Waals surface area contributed by atoms with E-state index in [2.05, 4.69) is 6.92 Å². The summed E-state index contributed by atoms with van der Waals surface area (Å²) in [6.07, 6.45) is 6.06. The minimum absolute atomic E-state index is 0.0840. The van der Waals surface area contributed by atoms with E-state index in [9.17, 15) is 4.79 Å². The number of aldehydes is 1. The summed E-state index contributed by atoms with van der Waals surface area (Å²) in [6, 6.07) is 0. The van der Waals surface area contributed by atoms with Crippen LogP contribution in [0.4, 0.5) is 0 Å². The zero-order valence-corrected chi connectivity index (χ0v) is 9.11. The second-order valence-corrected chi connectivity index (χ2v) is 5.99. The average molecular weight is 198 g/mol. The first-order valence-electron chi connectivity index (χ1n) is 5.30. The minimum atomic E-state index is 0.0840. The van der Waals surface area contributed by atoms with Crippen molar-refractivity contribution in [3.8, 4) is 0 Å². The van der Waals surface area contributed by atoms with Crippen molar-refractivity contribution >= 4 is 18.0 Å². The molecule has 0 amide bonds. The van der Waals surface area contributed by atoms with Crippen molar-refractivity contribution in [2.24, 2.45) is 17.3 Å². The monoisotopic (exact) mass is 198 g/mol. The molecule has 1 saturated heterocycles. The van der Waals surface area contributed by atoms with E-state index in [0.29, 0.717) is 0 Å². The van der Waals surface area contributed by atoms with Gasteiger partial charge in [0.1, 0.15) is 6.29 Å². The van der Waals surface area contributed by atoms with Gasteiger partial charge in [-0.05, 0) is 49.0 Å². The molecule has 13 heavy (non-hydrogen) atoms. The highest BCUT2D eigenvalue weighted by Gasteiger charge is 2.41. The molecule has 2 fully saturated rings. The zero-order valence-electron chi connectivity index (χ0n) is 8.29. The van der Waals surface area contributed by atoms with E-state index in [1.54, 1.807) is 0 Å². The van der Waals surface area contributed by atoms with Gasteiger partial charge in [-0.3, -0.25) is 0 Å². The van der Waals surface area contributed by atoms with Crippen molar-refractivity contribution in [2.45, 2.75) is 32.6 Å². The van der Waals surface area contributed by atoms with Crippen molar-refractivity contribution in [1.82, 2.24) is 0 Å². The van der Waals surface area contributed by atoms with Gasteiger partial charge in [-0.15, -0.1) is 0 Å². The van der Waals surface area contributed by atoms with Crippen LogP contribution in [0.5, 0.6) is 0 Å². The Morgan fingerprint density at radius 2 is 2.08 bits per heavy atom. The average Bonchev–Trinajstić information content (AvgIpc) is 2.83. The minimum Gasteiger partial charge on any atom is -0.303 e. The molecule has 2 aliphatic rings. The molecule has 1 saturated carbocycles. The SMILES string of the molecule is CC1CC1CC1(C=O)CCSCC1. The van der Waals surface area contributed by atoms with E-state index in [0.717, 1.165) is 24.7 Å². The van der Waals surface area contributed by atoms with E-state index < -0.39 is 0 Å². The molecule has 0 aromatic heterocycles. The number of hydrogen-bond donors (Lipinski definition) is 0. The summed E-state index contributed by atoms with van der Waals surface area (Å²) in [7, 11) is 0. The van der Waals surface area contributed by atoms with Gasteiger partial charge >= 0.3 is 0 Å². The van der Waals surface area contributed by atoms with E-state index in [1.807, 2.05) is 11.8 Å². The predicted molar refractivity (Wildman–Crippen MR) is 56.9 cm³/mol. The molecule has 0 aromatic rings. The quantitative estimate of drug-likeness (QED) is 0.649. The summed E-state index contributed by atoms with van der Waals surface area (Å²) in [5, 5.41) is 0. The van der Waals surface area contributed by atoms with Crippen LogP contribution in [0.25, 0.3) is 0 Å². The molecule has 0 N–H and O–H groups in total. The fourth-order valence-corrected chi connectivity index (χ4v) is 3.66. The van der Waals surface area contributed by atoms with Gasteiger partial charge in [0.05, 0.1) is 0 Å². The molecular weight excluding hydrogens is 180 g/mol. The molecule has 1 heterocycles. The summed E-state index contributed by atoms with van der Waals surface area (Å²) < 4.78 is 0. The Balaban J connectivity index is 1.93. The summed E-state index contributed by atoms with van der Waals surface area (Å²) in [6.45, 7) is 2.31. The van der Waals surface area contributed by atoms with Crippen LogP contribution in [0.3, 0.4) is 0 Å². The third kappa shape index (κ3) is 2.09. The van der Waals surface area contributed by atoms with Crippen LogP contribution in [-0.2, 0) is 4.79 Å². The van der Waals surface area contributed by atoms with E-state index >= 15 is 0 Å². The molecule has 2 atom stereocenters. The Morgan fingerprint density at radius 3 is 2.54 bits per heavy atom. The summed E-state index contributed by atoms with van der Waals surface area (Å²) >= 11 is 2.00. The van der Waals surface area contributed by atoms with Crippen molar-refractivity contribution in [3.63, 3.8) is 0 Å². The zero-order chi connectivity index (χ0) is 9.31. The van der Waals surface area contributed by atoms with E-state index in [4.69, 9.17) is 0 Å². The first-order valence-corrected chi connectivity index (χ1v) is 6.45. The van der Waals surface area contributed by atoms with Crippen molar-refractivity contribution in [1.29, 1.82) is 0 Å². The Morgan fingerprint density at radius 1 is 1.46 bits per heavy atom. The van der Waals surface area contributed by atoms with Gasteiger partial charge in [-0.25, -0.2) is 0 Å². The summed E-state index contributed by atoms with van der Waals surface area (Å²) in [5.74, 6) is 4.15. The first kappa shape index (κ1) is 9.57. The highest BCUT2D eigenvalue weighted by atomic mass is 32.2. The number of carbonyl (C=O) groups is 1. The van der Waals surface area contributed by atoms with Gasteiger partial charge < -0.3 is 4.79 Å². The molecule has 0 spiro atoms. The van der Waals surface area contributed by atoms with Crippen molar-refractivity contribution in [2.75, 3.05) is 11.5 Å². The smallest absolute Gasteiger partial charge is 0.126 e. The molecule has 2 unspecified atom stereocenters. The maximum atomic E-state index is 11.1. The topological polar surface area (TPSA) is 17.1 Å². The Kier molecular flexibility index (Phi) is 2.68. The number of hydrogen-bond acceptors (Lipinski definition) is 2. The lowest BCUT2D eigenvalue weighted by Crippen LogP contribution is -2.28. The molecule has 2 rings (SSSR count). The second-order valence-electron chi connectivity index (χ2n) is 4.77. The summed E-state index contributed by atoms with van der Waals surface area (Å²) in [5.41, 5.74) is 0.0840. The van der Waals surface area contributed by atoms with Gasteiger partial charge in [0.25, 0.3) is 0 Å². The van der Waals surface area contributed by atoms with E-state index in [1.165, 1.54) is 30.6 Å². The normalized spacial score (nSPS) is 37.0. The van der Waals surface area contributed by atoms with Crippen molar-refractivity contribution < 1.29 is 4.79 Å². The Hall–Kier alpha value is 0.0200. The second kappa shape index (κ2) is 3.64. The lowest BCUT2D eigenvalue weighted by atomic mass is 9.78. The van der Waals surface area contributed by atoms with Gasteiger partial charge in [0.15, 0.2) is 0 Å². The van der Waals surface area contributed by atoms with E-state index in [-0.39, 0.29) is 5.41 Å². The number of thioether (sulfide) groups is 1. The third-order valence-electron chi connectivity index (χ3n) is 3.68. The van der Waals surface area contributed by atoms with Crippen LogP contribution in [0.2, 0.25) is 0 Å². The fourth-order valence-electron chi connectivity index (χ4n) is 2.35. The molecule has 1 aliphatic carbocycles. The Labute approximate surface area is 84.7 Å². The first-order chi connectivity index (χ1) is 6.26. The van der Waals surface area contributed by atoms with Crippen LogP contribution in [0, 0.1) is 17.3 Å². The van der Waals surface area contributed by atoms with Crippen molar-refractivity contribution in [3.05, 3.63) is 0 Å². The highest BCUT2D eigenvalue weighted by molar-refractivity contribution is 7.99. The lowest BCUT2D eigenvalue weighted by molar-refractivity contribution is -0.117. The Bertz CT molecular complexity index is 196. The predicted octanol–water partition coefficient (Wildman–Crippen LogP) is 2.74. The van der Waals surface area contributed by atoms with Crippen LogP contribution in [-0.4, -0.2) is 17.8 Å². The largest absolute Gasteiger partial charge is 0.303 e. The highest BCUT2D eigenvalue weighted by Crippen LogP contribution is 2.49. The number of carbonyl (C=O) groups excluding carboxylic acids is 1. The van der Waals surface area contributed by atoms with Crippen LogP contribution in [0.1, 0.15) is 32.6 Å². The van der Waals surface area contributed by atoms with Gasteiger partial charge in [0.2, 0.25) is 0 Å². The van der Waals surface area contributed by atoms with Gasteiger partial charge in [-0.2, -0.15) is 11.8 Å². The number of rotatable bonds is 3. The standard InChI is InChI=1S/C11H18OS/c1-9-6-10(9)7-11(8-12)2-4-13-5-3-11/h8-10H,2-7H2,1H3. The molecule has 0 bridgehead atoms. The maximum absolute atomic E-state index is 11.1. The fraction of sp³-hybridized carbons (Fsp3) is 0.909. The van der Waals surface area contributed by atoms with Gasteiger partial charge in [-0.1, -0.05) is 6.92 Å². The van der Waals surface area contributed by atoms with Crippen LogP contribution >= 0.6 is 11.8 Å². The maximum Gasteiger partial charge on any atom is 0.126 e. The molecule has 0 aromatic carbocycles. The van der Waals surface area contributed by atoms with Gasteiger partial charge in [0, 0.05) is 5.41 Å². The van der Waals surface area contributed by atoms with Crippen LogP contribution < -0.4 is 0 Å². The molecule has 2 heteroatoms. The summed E-state index contributed by atoms with van der Waals surface area (Å²) in [4.78, 5) is 11.1. The third-order valence-corrected chi connectivity index (χ3v) is 4.67. The molecular formula is C11H18OS. The lowest BCUT2D eigenvalue weighted by Gasteiger charge is -2.31. The molecule has 0 radical (unpaired) electrons. The molecule has 1 aliphatic heterocycles. The van der Waals surface area contributed by atoms with Crippen LogP contribution in [0.15, 0.2) is 0 Å².